The standard InChI is InChI=1S/C17H21F3N2O3/c1-25-10-12-5-3-7-14(12)22-15(23)9-21-16(24)11-4-2-6-13(8-11)17(18,19)20/h2,4,6,8,12,14H,3,5,7,9-10H2,1H3,(H,21,24)(H,22,23). The van der Waals surface area contributed by atoms with Crippen LogP contribution in [-0.4, -0.2) is 38.1 Å². The Labute approximate surface area is 143 Å². The molecule has 2 rings (SSSR count). The minimum atomic E-state index is -4.52. The van der Waals surface area contributed by atoms with Crippen LogP contribution in [0.4, 0.5) is 13.2 Å². The summed E-state index contributed by atoms with van der Waals surface area (Å²) in [6.07, 6.45) is -1.71. The summed E-state index contributed by atoms with van der Waals surface area (Å²) in [5.41, 5.74) is -1.04. The first kappa shape index (κ1) is 19.2. The average molecular weight is 358 g/mol. The fraction of sp³-hybridized carbons (Fsp3) is 0.529. The maximum atomic E-state index is 12.7. The molecule has 0 bridgehead atoms. The van der Waals surface area contributed by atoms with Crippen LogP contribution in [0.3, 0.4) is 0 Å². The fourth-order valence-electron chi connectivity index (χ4n) is 3.00. The zero-order valence-corrected chi connectivity index (χ0v) is 13.9. The quantitative estimate of drug-likeness (QED) is 0.820. The van der Waals surface area contributed by atoms with Gasteiger partial charge in [0.05, 0.1) is 18.7 Å². The van der Waals surface area contributed by atoms with Gasteiger partial charge in [-0.15, -0.1) is 0 Å². The summed E-state index contributed by atoms with van der Waals surface area (Å²) in [5, 5.41) is 5.19. The van der Waals surface area contributed by atoms with Crippen molar-refractivity contribution in [2.24, 2.45) is 5.92 Å². The van der Waals surface area contributed by atoms with Crippen molar-refractivity contribution in [1.82, 2.24) is 10.6 Å². The summed E-state index contributed by atoms with van der Waals surface area (Å²) in [4.78, 5) is 23.9. The number of benzene rings is 1. The third-order valence-corrected chi connectivity index (χ3v) is 4.25. The predicted molar refractivity (Wildman–Crippen MR) is 84.9 cm³/mol. The van der Waals surface area contributed by atoms with Gasteiger partial charge in [0.1, 0.15) is 0 Å². The zero-order valence-electron chi connectivity index (χ0n) is 13.9. The highest BCUT2D eigenvalue weighted by atomic mass is 19.4. The number of ether oxygens (including phenoxy) is 1. The molecule has 0 heterocycles. The Bertz CT molecular complexity index is 619. The number of alkyl halides is 3. The van der Waals surface area contributed by atoms with Crippen LogP contribution in [0.25, 0.3) is 0 Å². The lowest BCUT2D eigenvalue weighted by Gasteiger charge is -2.20. The van der Waals surface area contributed by atoms with Crippen molar-refractivity contribution in [3.63, 3.8) is 0 Å². The molecular weight excluding hydrogens is 337 g/mol. The van der Waals surface area contributed by atoms with E-state index in [-0.39, 0.29) is 30.0 Å². The van der Waals surface area contributed by atoms with Crippen molar-refractivity contribution in [1.29, 1.82) is 0 Å². The lowest BCUT2D eigenvalue weighted by atomic mass is 10.1. The minimum Gasteiger partial charge on any atom is -0.384 e. The van der Waals surface area contributed by atoms with Crippen molar-refractivity contribution in [3.8, 4) is 0 Å². The van der Waals surface area contributed by atoms with Crippen LogP contribution in [-0.2, 0) is 15.7 Å². The zero-order chi connectivity index (χ0) is 18.4. The van der Waals surface area contributed by atoms with Crippen molar-refractivity contribution in [2.75, 3.05) is 20.3 Å². The van der Waals surface area contributed by atoms with Crippen LogP contribution in [0.1, 0.15) is 35.2 Å². The maximum Gasteiger partial charge on any atom is 0.416 e. The highest BCUT2D eigenvalue weighted by Gasteiger charge is 2.31. The number of carbonyl (C=O) groups is 2. The van der Waals surface area contributed by atoms with Gasteiger partial charge in [-0.25, -0.2) is 0 Å². The lowest BCUT2D eigenvalue weighted by Crippen LogP contribution is -2.44. The Kier molecular flexibility index (Phi) is 6.41. The molecule has 1 aliphatic rings. The maximum absolute atomic E-state index is 12.7. The Morgan fingerprint density at radius 2 is 2.04 bits per heavy atom. The Hall–Kier alpha value is -2.09. The second kappa shape index (κ2) is 8.33. The molecule has 1 aromatic carbocycles. The van der Waals surface area contributed by atoms with Gasteiger partial charge in [0, 0.05) is 24.6 Å². The molecule has 0 radical (unpaired) electrons. The lowest BCUT2D eigenvalue weighted by molar-refractivity contribution is -0.137. The number of hydrogen-bond acceptors (Lipinski definition) is 3. The molecule has 0 saturated heterocycles. The first-order chi connectivity index (χ1) is 11.8. The third kappa shape index (κ3) is 5.45. The van der Waals surface area contributed by atoms with Crippen molar-refractivity contribution in [2.45, 2.75) is 31.5 Å². The molecule has 1 aromatic rings. The number of amides is 2. The second-order valence-corrected chi connectivity index (χ2v) is 6.08. The number of hydrogen-bond donors (Lipinski definition) is 2. The number of methoxy groups -OCH3 is 1. The van der Waals surface area contributed by atoms with Gasteiger partial charge in [0.15, 0.2) is 0 Å². The van der Waals surface area contributed by atoms with E-state index in [1.165, 1.54) is 6.07 Å². The fourth-order valence-corrected chi connectivity index (χ4v) is 3.00. The molecule has 1 saturated carbocycles. The van der Waals surface area contributed by atoms with Gasteiger partial charge >= 0.3 is 6.18 Å². The van der Waals surface area contributed by atoms with Crippen LogP contribution < -0.4 is 10.6 Å². The molecule has 25 heavy (non-hydrogen) atoms. The normalized spacial score (nSPS) is 20.3. The molecule has 1 aliphatic carbocycles. The number of nitrogens with one attached hydrogen (secondary N) is 2. The topological polar surface area (TPSA) is 67.4 Å². The van der Waals surface area contributed by atoms with E-state index in [1.54, 1.807) is 7.11 Å². The van der Waals surface area contributed by atoms with E-state index in [2.05, 4.69) is 10.6 Å². The molecule has 8 heteroatoms. The molecular formula is C17H21F3N2O3. The molecule has 2 unspecified atom stereocenters. The van der Waals surface area contributed by atoms with E-state index in [0.717, 1.165) is 37.5 Å². The van der Waals surface area contributed by atoms with E-state index in [4.69, 9.17) is 4.74 Å². The van der Waals surface area contributed by atoms with Crippen molar-refractivity contribution >= 4 is 11.8 Å². The van der Waals surface area contributed by atoms with Gasteiger partial charge < -0.3 is 15.4 Å². The van der Waals surface area contributed by atoms with Gasteiger partial charge in [0.2, 0.25) is 5.91 Å². The van der Waals surface area contributed by atoms with Gasteiger partial charge in [-0.3, -0.25) is 9.59 Å². The Balaban J connectivity index is 1.86. The molecule has 0 aromatic heterocycles. The summed E-state index contributed by atoms with van der Waals surface area (Å²) >= 11 is 0. The van der Waals surface area contributed by atoms with E-state index in [0.29, 0.717) is 6.61 Å². The first-order valence-corrected chi connectivity index (χ1v) is 8.05. The van der Waals surface area contributed by atoms with Crippen molar-refractivity contribution < 1.29 is 27.5 Å². The van der Waals surface area contributed by atoms with E-state index in [1.807, 2.05) is 0 Å². The van der Waals surface area contributed by atoms with Crippen LogP contribution in [0, 0.1) is 5.92 Å². The molecule has 2 atom stereocenters. The van der Waals surface area contributed by atoms with E-state index >= 15 is 0 Å². The summed E-state index contributed by atoms with van der Waals surface area (Å²) in [6, 6.07) is 4.08. The van der Waals surface area contributed by atoms with Crippen molar-refractivity contribution in [3.05, 3.63) is 35.4 Å². The van der Waals surface area contributed by atoms with E-state index in [9.17, 15) is 22.8 Å². The summed E-state index contributed by atoms with van der Waals surface area (Å²) in [7, 11) is 1.60. The average Bonchev–Trinajstić information content (AvgIpc) is 2.99. The minimum absolute atomic E-state index is 0.00194. The van der Waals surface area contributed by atoms with Gasteiger partial charge in [-0.05, 0) is 31.0 Å². The highest BCUT2D eigenvalue weighted by molar-refractivity contribution is 5.96. The van der Waals surface area contributed by atoms with Crippen LogP contribution in [0.5, 0.6) is 0 Å². The smallest absolute Gasteiger partial charge is 0.384 e. The molecule has 138 valence electrons. The largest absolute Gasteiger partial charge is 0.416 e. The highest BCUT2D eigenvalue weighted by Crippen LogP contribution is 2.29. The molecule has 2 amide bonds. The van der Waals surface area contributed by atoms with Crippen LogP contribution >= 0.6 is 0 Å². The second-order valence-electron chi connectivity index (χ2n) is 6.08. The molecule has 0 spiro atoms. The SMILES string of the molecule is COCC1CCCC1NC(=O)CNC(=O)c1cccc(C(F)(F)F)c1. The van der Waals surface area contributed by atoms with Gasteiger partial charge in [-0.2, -0.15) is 13.2 Å². The Morgan fingerprint density at radius 1 is 1.28 bits per heavy atom. The van der Waals surface area contributed by atoms with Crippen LogP contribution in [0.2, 0.25) is 0 Å². The molecule has 0 aliphatic heterocycles. The summed E-state index contributed by atoms with van der Waals surface area (Å²) < 4.78 is 43.1. The summed E-state index contributed by atoms with van der Waals surface area (Å²) in [6.45, 7) is 0.271. The van der Waals surface area contributed by atoms with Gasteiger partial charge in [-0.1, -0.05) is 12.5 Å². The number of rotatable bonds is 6. The summed E-state index contributed by atoms with van der Waals surface area (Å²) in [5.74, 6) is -0.845. The third-order valence-electron chi connectivity index (χ3n) is 4.25. The number of carbonyl (C=O) groups excluding carboxylic acids is 2. The molecule has 5 nitrogen and oxygen atoms in total. The number of halogens is 3. The predicted octanol–water partition coefficient (Wildman–Crippen LogP) is 2.37. The first-order valence-electron chi connectivity index (χ1n) is 8.05. The van der Waals surface area contributed by atoms with Crippen LogP contribution in [0.15, 0.2) is 24.3 Å². The Morgan fingerprint density at radius 3 is 2.72 bits per heavy atom. The monoisotopic (exact) mass is 358 g/mol. The molecule has 2 N–H and O–H groups in total. The molecule has 1 fully saturated rings. The van der Waals surface area contributed by atoms with E-state index < -0.39 is 17.6 Å². The van der Waals surface area contributed by atoms with Gasteiger partial charge in [0.25, 0.3) is 5.91 Å².